The van der Waals surface area contributed by atoms with Crippen LogP contribution in [0.25, 0.3) is 0 Å². The van der Waals surface area contributed by atoms with Crippen LogP contribution in [-0.2, 0) is 14.2 Å². The third-order valence-corrected chi connectivity index (χ3v) is 3.53. The molecule has 2 aliphatic rings. The minimum Gasteiger partial charge on any atom is -0.379 e. The average molecular weight is 306 g/mol. The van der Waals surface area contributed by atoms with Gasteiger partial charge in [-0.05, 0) is 35.1 Å². The zero-order valence-electron chi connectivity index (χ0n) is 7.98. The maximum atomic E-state index is 5.80. The van der Waals surface area contributed by atoms with Gasteiger partial charge in [0.2, 0.25) is 3.79 Å². The molecule has 2 fully saturated rings. The van der Waals surface area contributed by atoms with E-state index in [9.17, 15) is 0 Å². The van der Waals surface area contributed by atoms with Gasteiger partial charge in [-0.2, -0.15) is 0 Å². The van der Waals surface area contributed by atoms with Gasteiger partial charge in [-0.25, -0.2) is 0 Å². The topological polar surface area (TPSA) is 27.7 Å². The van der Waals surface area contributed by atoms with E-state index in [-0.39, 0.29) is 24.3 Å². The molecular formula is C9H12BIO3. The molecule has 0 N–H and O–H groups in total. The van der Waals surface area contributed by atoms with Crippen LogP contribution in [0, 0.1) is 0 Å². The third-order valence-electron chi connectivity index (χ3n) is 2.59. The summed E-state index contributed by atoms with van der Waals surface area (Å²) in [6.45, 7) is 5.72. The molecule has 3 nitrogen and oxygen atoms in total. The quantitative estimate of drug-likeness (QED) is 0.334. The van der Waals surface area contributed by atoms with Crippen molar-refractivity contribution >= 4 is 30.4 Å². The summed E-state index contributed by atoms with van der Waals surface area (Å²) >= 11 is 2.08. The summed E-state index contributed by atoms with van der Waals surface area (Å²) in [6, 6.07) is -0.387. The maximum Gasteiger partial charge on any atom is 0.242 e. The van der Waals surface area contributed by atoms with Gasteiger partial charge in [0.15, 0.2) is 0 Å². The predicted molar refractivity (Wildman–Crippen MR) is 61.4 cm³/mol. The molecule has 0 aliphatic carbocycles. The standard InChI is InChI=1S/C9H12BIO3/c1-3-5-6-7(8(10)12-5)14-9(11,4-2)13-6/h4-8H,2-3H2,1H3/t5-,6?,7?,8-,9?/m0/s1. The largest absolute Gasteiger partial charge is 0.379 e. The number of rotatable bonds is 2. The molecule has 0 aromatic rings. The number of hydrogen-bond donors (Lipinski definition) is 0. The zero-order chi connectivity index (χ0) is 10.3. The van der Waals surface area contributed by atoms with Crippen molar-refractivity contribution in [1.29, 1.82) is 0 Å². The number of ether oxygens (including phenoxy) is 3. The number of alkyl halides is 1. The van der Waals surface area contributed by atoms with Crippen molar-refractivity contribution in [3.8, 4) is 0 Å². The third kappa shape index (κ3) is 1.64. The van der Waals surface area contributed by atoms with Crippen molar-refractivity contribution in [3.63, 3.8) is 0 Å². The normalized spacial score (nSPS) is 51.9. The van der Waals surface area contributed by atoms with E-state index in [1.807, 2.05) is 6.92 Å². The van der Waals surface area contributed by atoms with Crippen LogP contribution in [-0.4, -0.2) is 36.0 Å². The molecule has 0 saturated carbocycles. The molecule has 2 aliphatic heterocycles. The molecule has 2 saturated heterocycles. The van der Waals surface area contributed by atoms with Crippen LogP contribution in [0.5, 0.6) is 0 Å². The fourth-order valence-corrected chi connectivity index (χ4v) is 2.44. The van der Waals surface area contributed by atoms with E-state index in [1.165, 1.54) is 0 Å². The van der Waals surface area contributed by atoms with Crippen molar-refractivity contribution < 1.29 is 14.2 Å². The van der Waals surface area contributed by atoms with E-state index in [1.54, 1.807) is 6.08 Å². The van der Waals surface area contributed by atoms with Crippen LogP contribution in [0.15, 0.2) is 12.7 Å². The van der Waals surface area contributed by atoms with Gasteiger partial charge >= 0.3 is 0 Å². The highest BCUT2D eigenvalue weighted by atomic mass is 127. The molecule has 14 heavy (non-hydrogen) atoms. The summed E-state index contributed by atoms with van der Waals surface area (Å²) in [5, 5.41) is 0. The van der Waals surface area contributed by atoms with Crippen molar-refractivity contribution in [1.82, 2.24) is 0 Å². The first-order chi connectivity index (χ1) is 6.59. The van der Waals surface area contributed by atoms with Crippen LogP contribution in [0.4, 0.5) is 0 Å². The first-order valence-corrected chi connectivity index (χ1v) is 5.76. The van der Waals surface area contributed by atoms with Gasteiger partial charge < -0.3 is 14.2 Å². The van der Waals surface area contributed by atoms with E-state index < -0.39 is 3.79 Å². The summed E-state index contributed by atoms with van der Waals surface area (Å²) in [7, 11) is 5.80. The predicted octanol–water partition coefficient (Wildman–Crippen LogP) is 1.35. The highest BCUT2D eigenvalue weighted by Gasteiger charge is 2.54. The van der Waals surface area contributed by atoms with E-state index in [4.69, 9.17) is 22.1 Å². The summed E-state index contributed by atoms with van der Waals surface area (Å²) in [6.07, 6.45) is 2.32. The smallest absolute Gasteiger partial charge is 0.242 e. The Morgan fingerprint density at radius 1 is 1.50 bits per heavy atom. The molecule has 2 heterocycles. The highest BCUT2D eigenvalue weighted by Crippen LogP contribution is 2.42. The lowest BCUT2D eigenvalue weighted by Gasteiger charge is -2.21. The number of fused-ring (bicyclic) bond motifs is 1. The summed E-state index contributed by atoms with van der Waals surface area (Å²) in [4.78, 5) is 0. The molecule has 0 aromatic heterocycles. The molecule has 5 atom stereocenters. The van der Waals surface area contributed by atoms with E-state index in [0.29, 0.717) is 0 Å². The lowest BCUT2D eigenvalue weighted by Crippen LogP contribution is -2.29. The lowest BCUT2D eigenvalue weighted by atomic mass is 9.93. The molecular weight excluding hydrogens is 294 g/mol. The zero-order valence-corrected chi connectivity index (χ0v) is 10.1. The van der Waals surface area contributed by atoms with Crippen LogP contribution < -0.4 is 0 Å². The van der Waals surface area contributed by atoms with Gasteiger partial charge in [0.25, 0.3) is 0 Å². The van der Waals surface area contributed by atoms with Crippen LogP contribution in [0.1, 0.15) is 13.3 Å². The SMILES string of the molecule is [B][C@H]1O[C@@H](CC)C2OC(I)(C=C)OC21. The first-order valence-electron chi connectivity index (χ1n) is 4.69. The van der Waals surface area contributed by atoms with Gasteiger partial charge in [-0.3, -0.25) is 0 Å². The fourth-order valence-electron chi connectivity index (χ4n) is 1.86. The summed E-state index contributed by atoms with van der Waals surface area (Å²) in [5.74, 6) is 0. The molecule has 0 spiro atoms. The van der Waals surface area contributed by atoms with Gasteiger partial charge in [0.05, 0.1) is 6.10 Å². The molecule has 0 amide bonds. The second-order valence-electron chi connectivity index (χ2n) is 3.50. The maximum absolute atomic E-state index is 5.80. The van der Waals surface area contributed by atoms with Crippen molar-refractivity contribution in [3.05, 3.63) is 12.7 Å². The second kappa shape index (κ2) is 3.77. The average Bonchev–Trinajstić information content (AvgIpc) is 2.65. The minimum absolute atomic E-state index is 0.0339. The van der Waals surface area contributed by atoms with Crippen LogP contribution in [0.3, 0.4) is 0 Å². The fraction of sp³-hybridized carbons (Fsp3) is 0.778. The lowest BCUT2D eigenvalue weighted by molar-refractivity contribution is -0.102. The molecule has 5 heteroatoms. The Kier molecular flexibility index (Phi) is 2.94. The van der Waals surface area contributed by atoms with Gasteiger partial charge in [0.1, 0.15) is 20.1 Å². The molecule has 0 bridgehead atoms. The Morgan fingerprint density at radius 2 is 2.14 bits per heavy atom. The van der Waals surface area contributed by atoms with Crippen LogP contribution in [0.2, 0.25) is 0 Å². The molecule has 0 aromatic carbocycles. The van der Waals surface area contributed by atoms with E-state index >= 15 is 0 Å². The molecule has 2 rings (SSSR count). The Morgan fingerprint density at radius 3 is 2.71 bits per heavy atom. The Balaban J connectivity index is 2.15. The molecule has 3 unspecified atom stereocenters. The minimum atomic E-state index is -0.734. The second-order valence-corrected chi connectivity index (χ2v) is 5.00. The molecule has 2 radical (unpaired) electrons. The first kappa shape index (κ1) is 10.9. The number of hydrogen-bond acceptors (Lipinski definition) is 3. The van der Waals surface area contributed by atoms with E-state index in [0.717, 1.165) is 6.42 Å². The highest BCUT2D eigenvalue weighted by molar-refractivity contribution is 14.1. The van der Waals surface area contributed by atoms with E-state index in [2.05, 4.69) is 29.2 Å². The van der Waals surface area contributed by atoms with Crippen molar-refractivity contribution in [2.24, 2.45) is 0 Å². The Hall–Kier alpha value is 0.415. The van der Waals surface area contributed by atoms with Gasteiger partial charge in [0, 0.05) is 6.00 Å². The number of halogens is 1. The Bertz CT molecular complexity index is 250. The monoisotopic (exact) mass is 306 g/mol. The van der Waals surface area contributed by atoms with Crippen molar-refractivity contribution in [2.45, 2.75) is 41.5 Å². The van der Waals surface area contributed by atoms with Crippen molar-refractivity contribution in [2.75, 3.05) is 0 Å². The summed E-state index contributed by atoms with van der Waals surface area (Å²) in [5.41, 5.74) is 0. The Labute approximate surface area is 98.7 Å². The van der Waals surface area contributed by atoms with Gasteiger partial charge in [-0.15, -0.1) is 0 Å². The van der Waals surface area contributed by atoms with Crippen LogP contribution >= 0.6 is 22.6 Å². The molecule has 76 valence electrons. The van der Waals surface area contributed by atoms with Gasteiger partial charge in [-0.1, -0.05) is 13.5 Å². The summed E-state index contributed by atoms with van der Waals surface area (Å²) < 4.78 is 16.2.